The lowest BCUT2D eigenvalue weighted by Crippen LogP contribution is -2.25. The average molecular weight is 444 g/mol. The number of methoxy groups -OCH3 is 2. The van der Waals surface area contributed by atoms with E-state index >= 15 is 0 Å². The second-order valence-corrected chi connectivity index (χ2v) is 9.53. The molecule has 0 saturated carbocycles. The number of rotatable bonds is 7. The van der Waals surface area contributed by atoms with Crippen molar-refractivity contribution >= 4 is 9.84 Å². The number of benzene rings is 2. The van der Waals surface area contributed by atoms with Gasteiger partial charge in [0.2, 0.25) is 0 Å². The van der Waals surface area contributed by atoms with Gasteiger partial charge in [0.05, 0.1) is 31.3 Å². The topological polar surface area (TPSA) is 99.4 Å². The highest BCUT2D eigenvalue weighted by atomic mass is 32.2. The molecule has 1 fully saturated rings. The van der Waals surface area contributed by atoms with Crippen molar-refractivity contribution in [3.05, 3.63) is 53.9 Å². The molecule has 0 N–H and O–H groups in total. The van der Waals surface area contributed by atoms with Crippen LogP contribution in [0.4, 0.5) is 0 Å². The van der Waals surface area contributed by atoms with E-state index in [0.717, 1.165) is 36.4 Å². The zero-order valence-electron chi connectivity index (χ0n) is 17.7. The number of nitrogens with zero attached hydrogens (tertiary/aromatic N) is 5. The predicted molar refractivity (Wildman–Crippen MR) is 114 cm³/mol. The molecule has 10 heteroatoms. The SMILES string of the molecule is COc1ccc(C2CCCN2Cc2nnnn2-c2ccc(S(C)(=O)=O)cc2)c(OC)c1. The lowest BCUT2D eigenvalue weighted by atomic mass is 10.0. The fourth-order valence-electron chi connectivity index (χ4n) is 3.98. The Kier molecular flexibility index (Phi) is 5.92. The zero-order valence-corrected chi connectivity index (χ0v) is 18.5. The third-order valence-corrected chi connectivity index (χ3v) is 6.68. The molecule has 1 aromatic heterocycles. The predicted octanol–water partition coefficient (Wildman–Crippen LogP) is 2.42. The summed E-state index contributed by atoms with van der Waals surface area (Å²) in [6.45, 7) is 1.47. The molecule has 0 spiro atoms. The summed E-state index contributed by atoms with van der Waals surface area (Å²) in [7, 11) is 0.0457. The molecule has 0 bridgehead atoms. The second-order valence-electron chi connectivity index (χ2n) is 7.51. The Morgan fingerprint density at radius 2 is 1.87 bits per heavy atom. The van der Waals surface area contributed by atoms with Crippen LogP contribution >= 0.6 is 0 Å². The van der Waals surface area contributed by atoms with Crippen LogP contribution in [0.25, 0.3) is 5.69 Å². The van der Waals surface area contributed by atoms with Gasteiger partial charge in [-0.05, 0) is 60.1 Å². The van der Waals surface area contributed by atoms with Gasteiger partial charge in [-0.2, -0.15) is 4.68 Å². The number of tetrazole rings is 1. The van der Waals surface area contributed by atoms with E-state index < -0.39 is 9.84 Å². The molecule has 0 amide bonds. The van der Waals surface area contributed by atoms with E-state index in [1.807, 2.05) is 18.2 Å². The summed E-state index contributed by atoms with van der Waals surface area (Å²) in [4.78, 5) is 2.59. The van der Waals surface area contributed by atoms with Crippen molar-refractivity contribution in [2.45, 2.75) is 30.3 Å². The maximum absolute atomic E-state index is 11.7. The third-order valence-electron chi connectivity index (χ3n) is 5.55. The number of ether oxygens (including phenoxy) is 2. The number of hydrogen-bond acceptors (Lipinski definition) is 8. The highest BCUT2D eigenvalue weighted by molar-refractivity contribution is 7.90. The first-order valence-electron chi connectivity index (χ1n) is 9.94. The van der Waals surface area contributed by atoms with Gasteiger partial charge < -0.3 is 9.47 Å². The van der Waals surface area contributed by atoms with E-state index in [4.69, 9.17) is 9.47 Å². The summed E-state index contributed by atoms with van der Waals surface area (Å²) < 4.78 is 36.0. The van der Waals surface area contributed by atoms with Crippen LogP contribution in [0.5, 0.6) is 11.5 Å². The molecule has 2 aromatic carbocycles. The minimum absolute atomic E-state index is 0.179. The van der Waals surface area contributed by atoms with Crippen LogP contribution in [0, 0.1) is 0 Å². The van der Waals surface area contributed by atoms with Gasteiger partial charge >= 0.3 is 0 Å². The van der Waals surface area contributed by atoms with Gasteiger partial charge in [0.25, 0.3) is 0 Å². The van der Waals surface area contributed by atoms with Crippen molar-refractivity contribution in [2.75, 3.05) is 27.0 Å². The second kappa shape index (κ2) is 8.64. The van der Waals surface area contributed by atoms with Gasteiger partial charge in [0, 0.05) is 23.9 Å². The zero-order chi connectivity index (χ0) is 22.0. The first-order valence-corrected chi connectivity index (χ1v) is 11.8. The molecule has 2 heterocycles. The van der Waals surface area contributed by atoms with Crippen molar-refractivity contribution in [3.63, 3.8) is 0 Å². The Morgan fingerprint density at radius 1 is 1.10 bits per heavy atom. The molecular formula is C21H25N5O4S. The monoisotopic (exact) mass is 443 g/mol. The van der Waals surface area contributed by atoms with E-state index in [2.05, 4.69) is 20.4 Å². The lowest BCUT2D eigenvalue weighted by molar-refractivity contribution is 0.235. The van der Waals surface area contributed by atoms with Crippen LogP contribution < -0.4 is 9.47 Å². The number of likely N-dealkylation sites (tertiary alicyclic amines) is 1. The van der Waals surface area contributed by atoms with E-state index in [1.165, 1.54) is 6.26 Å². The molecule has 164 valence electrons. The van der Waals surface area contributed by atoms with Gasteiger partial charge in [-0.25, -0.2) is 8.42 Å². The van der Waals surface area contributed by atoms with Crippen molar-refractivity contribution in [3.8, 4) is 17.2 Å². The Labute approximate surface area is 181 Å². The van der Waals surface area contributed by atoms with Crippen LogP contribution in [-0.2, 0) is 16.4 Å². The normalized spacial score (nSPS) is 17.1. The summed E-state index contributed by atoms with van der Waals surface area (Å²) in [6.07, 6.45) is 3.25. The molecule has 3 aromatic rings. The van der Waals surface area contributed by atoms with E-state index in [-0.39, 0.29) is 10.9 Å². The summed E-state index contributed by atoms with van der Waals surface area (Å²) in [5.74, 6) is 2.24. The molecule has 9 nitrogen and oxygen atoms in total. The van der Waals surface area contributed by atoms with Crippen LogP contribution in [0.2, 0.25) is 0 Å². The summed E-state index contributed by atoms with van der Waals surface area (Å²) in [5.41, 5.74) is 1.82. The molecule has 1 aliphatic heterocycles. The fourth-order valence-corrected chi connectivity index (χ4v) is 4.61. The minimum atomic E-state index is -3.26. The molecule has 1 atom stereocenters. The van der Waals surface area contributed by atoms with Gasteiger partial charge in [-0.3, -0.25) is 4.90 Å². The highest BCUT2D eigenvalue weighted by Crippen LogP contribution is 2.39. The van der Waals surface area contributed by atoms with Crippen molar-refractivity contribution in [1.82, 2.24) is 25.1 Å². The number of sulfone groups is 1. The van der Waals surface area contributed by atoms with Crippen LogP contribution in [0.15, 0.2) is 47.4 Å². The van der Waals surface area contributed by atoms with Crippen LogP contribution in [0.1, 0.15) is 30.3 Å². The highest BCUT2D eigenvalue weighted by Gasteiger charge is 2.30. The van der Waals surface area contributed by atoms with Gasteiger partial charge in [0.1, 0.15) is 11.5 Å². The maximum Gasteiger partial charge on any atom is 0.175 e. The van der Waals surface area contributed by atoms with Gasteiger partial charge in [-0.1, -0.05) is 6.07 Å². The Hall–Kier alpha value is -2.98. The Bertz CT molecular complexity index is 1160. The molecule has 1 aliphatic rings. The molecular weight excluding hydrogens is 418 g/mol. The quantitative estimate of drug-likeness (QED) is 0.549. The van der Waals surface area contributed by atoms with E-state index in [0.29, 0.717) is 18.1 Å². The summed E-state index contributed by atoms with van der Waals surface area (Å²) in [6, 6.07) is 12.6. The molecule has 1 saturated heterocycles. The van der Waals surface area contributed by atoms with E-state index in [9.17, 15) is 8.42 Å². The Balaban J connectivity index is 1.59. The summed E-state index contributed by atoms with van der Waals surface area (Å²) >= 11 is 0. The maximum atomic E-state index is 11.7. The van der Waals surface area contributed by atoms with Gasteiger partial charge in [0.15, 0.2) is 15.7 Å². The molecule has 1 unspecified atom stereocenters. The first kappa shape index (κ1) is 21.3. The average Bonchev–Trinajstić information content (AvgIpc) is 3.42. The van der Waals surface area contributed by atoms with Crippen molar-refractivity contribution in [2.24, 2.45) is 0 Å². The first-order chi connectivity index (χ1) is 14.9. The lowest BCUT2D eigenvalue weighted by Gasteiger charge is -2.25. The standard InChI is InChI=1S/C21H25N5O4S/c1-29-16-8-11-18(20(13-16)30-2)19-5-4-12-25(19)14-21-22-23-24-26(21)15-6-9-17(10-7-15)31(3,27)28/h6-11,13,19H,4-5,12,14H2,1-3H3. The van der Waals surface area contributed by atoms with Gasteiger partial charge in [-0.15, -0.1) is 5.10 Å². The molecule has 0 aliphatic carbocycles. The molecule has 0 radical (unpaired) electrons. The Morgan fingerprint density at radius 3 is 2.55 bits per heavy atom. The minimum Gasteiger partial charge on any atom is -0.497 e. The summed E-state index contributed by atoms with van der Waals surface area (Å²) in [5, 5.41) is 12.2. The third kappa shape index (κ3) is 4.40. The molecule has 31 heavy (non-hydrogen) atoms. The number of aromatic nitrogens is 4. The van der Waals surface area contributed by atoms with Crippen LogP contribution in [0.3, 0.4) is 0 Å². The fraction of sp³-hybridized carbons (Fsp3) is 0.381. The van der Waals surface area contributed by atoms with Crippen molar-refractivity contribution in [1.29, 1.82) is 0 Å². The largest absolute Gasteiger partial charge is 0.497 e. The van der Waals surface area contributed by atoms with Crippen LogP contribution in [-0.4, -0.2) is 60.5 Å². The van der Waals surface area contributed by atoms with E-state index in [1.54, 1.807) is 43.2 Å². The number of hydrogen-bond donors (Lipinski definition) is 0. The smallest absolute Gasteiger partial charge is 0.175 e. The molecule has 4 rings (SSSR count). The van der Waals surface area contributed by atoms with Crippen molar-refractivity contribution < 1.29 is 17.9 Å².